The zero-order valence-electron chi connectivity index (χ0n) is 13.4. The number of halogens is 3. The third-order valence-corrected chi connectivity index (χ3v) is 5.82. The Morgan fingerprint density at radius 1 is 0.960 bits per heavy atom. The van der Waals surface area contributed by atoms with Gasteiger partial charge in [0.1, 0.15) is 0 Å². The molecule has 0 amide bonds. The maximum atomic E-state index is 12.3. The molecule has 0 heterocycles. The van der Waals surface area contributed by atoms with Crippen molar-refractivity contribution in [1.29, 1.82) is 0 Å². The standard InChI is InChI=1S/C17H20Cl2NO3P.ClH/c18-15-5-1-13(2-6-15)9-20-10-17(21)12-24(22,23)11-14-3-7-16(19)8-4-14;/h1-8,17,20-21H,9-12H2,(H,22,23);1H. The van der Waals surface area contributed by atoms with Gasteiger partial charge in [-0.1, -0.05) is 47.5 Å². The van der Waals surface area contributed by atoms with Gasteiger partial charge < -0.3 is 15.3 Å². The molecule has 3 N–H and O–H groups in total. The van der Waals surface area contributed by atoms with Gasteiger partial charge in [-0.25, -0.2) is 0 Å². The molecule has 0 radical (unpaired) electrons. The Kier molecular flexibility index (Phi) is 9.47. The predicted molar refractivity (Wildman–Crippen MR) is 106 cm³/mol. The Labute approximate surface area is 164 Å². The molecule has 138 valence electrons. The summed E-state index contributed by atoms with van der Waals surface area (Å²) in [4.78, 5) is 10.1. The Hall–Kier alpha value is -0.580. The van der Waals surface area contributed by atoms with Crippen molar-refractivity contribution in [3.63, 3.8) is 0 Å². The van der Waals surface area contributed by atoms with E-state index in [-0.39, 0.29) is 31.3 Å². The van der Waals surface area contributed by atoms with Crippen molar-refractivity contribution in [3.05, 3.63) is 69.7 Å². The average molecular weight is 425 g/mol. The van der Waals surface area contributed by atoms with Crippen molar-refractivity contribution in [2.24, 2.45) is 0 Å². The van der Waals surface area contributed by atoms with Crippen LogP contribution in [0.3, 0.4) is 0 Å². The Balaban J connectivity index is 0.00000312. The fourth-order valence-corrected chi connectivity index (χ4v) is 4.27. The third-order valence-electron chi connectivity index (χ3n) is 3.46. The first-order chi connectivity index (χ1) is 11.3. The number of aliphatic hydroxyl groups is 1. The minimum Gasteiger partial charge on any atom is -0.391 e. The van der Waals surface area contributed by atoms with E-state index in [1.54, 1.807) is 36.4 Å². The molecule has 0 aromatic heterocycles. The summed E-state index contributed by atoms with van der Waals surface area (Å²) >= 11 is 11.6. The molecule has 0 fully saturated rings. The second-order valence-electron chi connectivity index (χ2n) is 5.72. The summed E-state index contributed by atoms with van der Waals surface area (Å²) in [5.74, 6) is 0. The zero-order chi connectivity index (χ0) is 17.6. The molecule has 2 aromatic rings. The molecule has 0 saturated carbocycles. The normalized spacial score (nSPS) is 14.4. The van der Waals surface area contributed by atoms with Gasteiger partial charge in [0.25, 0.3) is 0 Å². The quantitative estimate of drug-likeness (QED) is 0.552. The number of hydrogen-bond acceptors (Lipinski definition) is 3. The molecule has 0 spiro atoms. The summed E-state index contributed by atoms with van der Waals surface area (Å²) < 4.78 is 12.3. The molecule has 0 saturated heterocycles. The molecule has 25 heavy (non-hydrogen) atoms. The molecule has 0 aliphatic carbocycles. The molecule has 0 aliphatic heterocycles. The van der Waals surface area contributed by atoms with E-state index in [2.05, 4.69) is 5.32 Å². The summed E-state index contributed by atoms with van der Waals surface area (Å²) in [6.07, 6.45) is -1.01. The molecular formula is C17H21Cl3NO3P. The zero-order valence-corrected chi connectivity index (χ0v) is 16.7. The number of benzene rings is 2. The van der Waals surface area contributed by atoms with Crippen LogP contribution in [0.2, 0.25) is 10.0 Å². The summed E-state index contributed by atoms with van der Waals surface area (Å²) in [6, 6.07) is 14.2. The molecule has 2 atom stereocenters. The minimum atomic E-state index is -3.45. The van der Waals surface area contributed by atoms with Crippen molar-refractivity contribution in [3.8, 4) is 0 Å². The molecule has 2 rings (SSSR count). The van der Waals surface area contributed by atoms with Crippen LogP contribution in [0.1, 0.15) is 11.1 Å². The summed E-state index contributed by atoms with van der Waals surface area (Å²) in [7, 11) is -3.45. The highest BCUT2D eigenvalue weighted by Gasteiger charge is 2.23. The molecule has 2 aromatic carbocycles. The lowest BCUT2D eigenvalue weighted by atomic mass is 10.2. The Morgan fingerprint density at radius 3 is 1.96 bits per heavy atom. The molecular weight excluding hydrogens is 404 g/mol. The monoisotopic (exact) mass is 423 g/mol. The van der Waals surface area contributed by atoms with Gasteiger partial charge in [0, 0.05) is 29.3 Å². The first-order valence-electron chi connectivity index (χ1n) is 7.52. The highest BCUT2D eigenvalue weighted by molar-refractivity contribution is 7.57. The van der Waals surface area contributed by atoms with Crippen LogP contribution >= 0.6 is 43.0 Å². The Bertz CT molecular complexity index is 695. The summed E-state index contributed by atoms with van der Waals surface area (Å²) in [5.41, 5.74) is 1.76. The molecule has 8 heteroatoms. The summed E-state index contributed by atoms with van der Waals surface area (Å²) in [6.45, 7) is 0.801. The van der Waals surface area contributed by atoms with E-state index in [1.807, 2.05) is 12.1 Å². The van der Waals surface area contributed by atoms with Crippen LogP contribution in [-0.4, -0.2) is 28.8 Å². The van der Waals surface area contributed by atoms with Gasteiger partial charge in [-0.2, -0.15) is 0 Å². The second-order valence-corrected chi connectivity index (χ2v) is 8.97. The van der Waals surface area contributed by atoms with Gasteiger partial charge in [0.2, 0.25) is 7.37 Å². The van der Waals surface area contributed by atoms with E-state index in [0.717, 1.165) is 11.1 Å². The molecule has 0 bridgehead atoms. The number of hydrogen-bond donors (Lipinski definition) is 3. The smallest absolute Gasteiger partial charge is 0.207 e. The third kappa shape index (κ3) is 8.57. The lowest BCUT2D eigenvalue weighted by molar-refractivity contribution is 0.190. The first kappa shape index (κ1) is 22.5. The first-order valence-corrected chi connectivity index (χ1v) is 10.3. The maximum absolute atomic E-state index is 12.3. The highest BCUT2D eigenvalue weighted by atomic mass is 35.5. The lowest BCUT2D eigenvalue weighted by Crippen LogP contribution is -2.29. The second kappa shape index (κ2) is 10.5. The van der Waals surface area contributed by atoms with Crippen molar-refractivity contribution < 1.29 is 14.6 Å². The van der Waals surface area contributed by atoms with Crippen LogP contribution in [0.4, 0.5) is 0 Å². The largest absolute Gasteiger partial charge is 0.391 e. The number of nitrogens with one attached hydrogen (secondary N) is 1. The van der Waals surface area contributed by atoms with Crippen molar-refractivity contribution >= 4 is 43.0 Å². The van der Waals surface area contributed by atoms with Crippen molar-refractivity contribution in [2.45, 2.75) is 18.8 Å². The van der Waals surface area contributed by atoms with E-state index in [4.69, 9.17) is 23.2 Å². The topological polar surface area (TPSA) is 69.6 Å². The molecule has 4 nitrogen and oxygen atoms in total. The Morgan fingerprint density at radius 2 is 1.44 bits per heavy atom. The van der Waals surface area contributed by atoms with Gasteiger partial charge in [0.05, 0.1) is 12.3 Å². The lowest BCUT2D eigenvalue weighted by Gasteiger charge is -2.17. The van der Waals surface area contributed by atoms with Gasteiger partial charge in [-0.15, -0.1) is 12.4 Å². The van der Waals surface area contributed by atoms with Crippen molar-refractivity contribution in [2.75, 3.05) is 12.7 Å². The van der Waals surface area contributed by atoms with Gasteiger partial charge >= 0.3 is 0 Å². The molecule has 2 unspecified atom stereocenters. The van der Waals surface area contributed by atoms with E-state index < -0.39 is 13.5 Å². The predicted octanol–water partition coefficient (Wildman–Crippen LogP) is 4.34. The minimum absolute atomic E-state index is 0. The van der Waals surface area contributed by atoms with Crippen LogP contribution < -0.4 is 5.32 Å². The van der Waals surface area contributed by atoms with Gasteiger partial charge in [-0.05, 0) is 35.4 Å². The van der Waals surface area contributed by atoms with Crippen LogP contribution in [-0.2, 0) is 17.3 Å². The maximum Gasteiger partial charge on any atom is 0.207 e. The summed E-state index contributed by atoms with van der Waals surface area (Å²) in [5, 5.41) is 14.3. The number of rotatable bonds is 8. The number of aliphatic hydroxyl groups excluding tert-OH is 1. The SMILES string of the molecule is Cl.O=P(O)(Cc1ccc(Cl)cc1)CC(O)CNCc1ccc(Cl)cc1. The van der Waals surface area contributed by atoms with Gasteiger partial charge in [0.15, 0.2) is 0 Å². The van der Waals surface area contributed by atoms with E-state index >= 15 is 0 Å². The fraction of sp³-hybridized carbons (Fsp3) is 0.294. The fourth-order valence-electron chi connectivity index (χ4n) is 2.32. The van der Waals surface area contributed by atoms with E-state index in [1.165, 1.54) is 0 Å². The van der Waals surface area contributed by atoms with Crippen LogP contribution in [0.25, 0.3) is 0 Å². The van der Waals surface area contributed by atoms with E-state index in [0.29, 0.717) is 16.6 Å². The van der Waals surface area contributed by atoms with Crippen molar-refractivity contribution in [1.82, 2.24) is 5.32 Å². The molecule has 0 aliphatic rings. The van der Waals surface area contributed by atoms with Gasteiger partial charge in [-0.3, -0.25) is 4.57 Å². The average Bonchev–Trinajstić information content (AvgIpc) is 2.51. The van der Waals surface area contributed by atoms with Crippen LogP contribution in [0.5, 0.6) is 0 Å². The highest BCUT2D eigenvalue weighted by Crippen LogP contribution is 2.44. The van der Waals surface area contributed by atoms with Crippen LogP contribution in [0.15, 0.2) is 48.5 Å². The van der Waals surface area contributed by atoms with Crippen LogP contribution in [0, 0.1) is 0 Å². The van der Waals surface area contributed by atoms with E-state index in [9.17, 15) is 14.6 Å².